The van der Waals surface area contributed by atoms with Gasteiger partial charge in [-0.1, -0.05) is 18.2 Å². The van der Waals surface area contributed by atoms with Gasteiger partial charge in [-0.25, -0.2) is 0 Å². The number of amides is 1. The van der Waals surface area contributed by atoms with Gasteiger partial charge < -0.3 is 4.84 Å². The van der Waals surface area contributed by atoms with Crippen LogP contribution in [-0.2, 0) is 4.79 Å². The van der Waals surface area contributed by atoms with Crippen LogP contribution >= 0.6 is 0 Å². The molecule has 0 N–H and O–H groups in total. The molecular weight excluding hydrogens is 292 g/mol. The van der Waals surface area contributed by atoms with Gasteiger partial charge in [0.2, 0.25) is 5.91 Å². The van der Waals surface area contributed by atoms with Crippen LogP contribution in [0.2, 0.25) is 0 Å². The highest BCUT2D eigenvalue weighted by Gasteiger charge is 2.34. The lowest BCUT2D eigenvalue weighted by atomic mass is 10.2. The number of hydrogen-bond donors (Lipinski definition) is 0. The second-order valence-electron chi connectivity index (χ2n) is 5.80. The number of rotatable bonds is 7. The van der Waals surface area contributed by atoms with Crippen molar-refractivity contribution in [3.63, 3.8) is 0 Å². The van der Waals surface area contributed by atoms with Crippen molar-refractivity contribution in [2.24, 2.45) is 5.92 Å². The minimum absolute atomic E-state index is 0.0393. The molecule has 1 aliphatic rings. The minimum Gasteiger partial charge on any atom is -0.396 e. The molecule has 0 bridgehead atoms. The normalized spacial score (nSPS) is 13.7. The maximum absolute atomic E-state index is 12.3. The highest BCUT2D eigenvalue weighted by atomic mass is 16.7. The summed E-state index contributed by atoms with van der Waals surface area (Å²) in [6.45, 7) is 2.80. The Morgan fingerprint density at radius 3 is 3.04 bits per heavy atom. The number of carbonyl (C=O) groups is 1. The van der Waals surface area contributed by atoms with Crippen molar-refractivity contribution in [3.8, 4) is 6.07 Å². The topological polar surface area (TPSA) is 71.2 Å². The quantitative estimate of drug-likeness (QED) is 0.582. The molecule has 1 heterocycles. The molecule has 1 amide bonds. The maximum Gasteiger partial charge on any atom is 0.231 e. The summed E-state index contributed by atoms with van der Waals surface area (Å²) >= 11 is 0. The lowest BCUT2D eigenvalue weighted by Crippen LogP contribution is -2.32. The zero-order chi connectivity index (χ0) is 16.2. The van der Waals surface area contributed by atoms with Crippen LogP contribution in [0.4, 0.5) is 5.69 Å². The molecule has 0 aliphatic heterocycles. The third-order valence-corrected chi connectivity index (χ3v) is 3.96. The Balaban J connectivity index is 1.84. The fourth-order valence-electron chi connectivity index (χ4n) is 2.48. The molecule has 120 valence electrons. The van der Waals surface area contributed by atoms with Gasteiger partial charge in [-0.2, -0.15) is 5.26 Å². The number of anilines is 1. The van der Waals surface area contributed by atoms with Gasteiger partial charge in [-0.15, -0.1) is 5.10 Å². The number of carbonyl (C=O) groups excluding carboxylic acids is 1. The molecule has 6 nitrogen and oxygen atoms in total. The van der Waals surface area contributed by atoms with E-state index in [0.29, 0.717) is 6.61 Å². The summed E-state index contributed by atoms with van der Waals surface area (Å²) in [5, 5.41) is 14.1. The van der Waals surface area contributed by atoms with E-state index < -0.39 is 0 Å². The molecule has 23 heavy (non-hydrogen) atoms. The van der Waals surface area contributed by atoms with Crippen molar-refractivity contribution in [2.45, 2.75) is 32.6 Å². The van der Waals surface area contributed by atoms with Crippen LogP contribution in [0, 0.1) is 17.2 Å². The Labute approximate surface area is 135 Å². The lowest BCUT2D eigenvalue weighted by molar-refractivity contribution is -0.119. The molecule has 1 saturated carbocycles. The summed E-state index contributed by atoms with van der Waals surface area (Å²) in [6, 6.07) is 7.70. The highest BCUT2D eigenvalue weighted by Crippen LogP contribution is 2.33. The van der Waals surface area contributed by atoms with E-state index in [9.17, 15) is 4.79 Å². The summed E-state index contributed by atoms with van der Waals surface area (Å²) in [6.07, 6.45) is 5.61. The Morgan fingerprint density at radius 2 is 2.35 bits per heavy atom. The molecule has 0 radical (unpaired) electrons. The van der Waals surface area contributed by atoms with Gasteiger partial charge in [0.05, 0.1) is 12.3 Å². The van der Waals surface area contributed by atoms with Gasteiger partial charge in [0.1, 0.15) is 18.7 Å². The van der Waals surface area contributed by atoms with Gasteiger partial charge in [-0.05, 0) is 37.5 Å². The predicted octanol–water partition coefficient (Wildman–Crippen LogP) is 2.53. The number of aromatic nitrogens is 2. The molecule has 0 atom stereocenters. The van der Waals surface area contributed by atoms with E-state index in [4.69, 9.17) is 10.1 Å². The molecule has 6 heteroatoms. The van der Waals surface area contributed by atoms with Crippen LogP contribution in [-0.4, -0.2) is 29.0 Å². The SMILES string of the molecule is CCCCOn1ncc2cc(N(CC#N)C(=O)C3CC3)ccc21. The van der Waals surface area contributed by atoms with Crippen molar-refractivity contribution in [1.82, 2.24) is 9.94 Å². The molecule has 1 aliphatic carbocycles. The van der Waals surface area contributed by atoms with Crippen molar-refractivity contribution in [2.75, 3.05) is 18.1 Å². The van der Waals surface area contributed by atoms with E-state index >= 15 is 0 Å². The van der Waals surface area contributed by atoms with Crippen LogP contribution in [0.5, 0.6) is 0 Å². The lowest BCUT2D eigenvalue weighted by Gasteiger charge is -2.19. The Hall–Kier alpha value is -2.55. The van der Waals surface area contributed by atoms with Crippen molar-refractivity contribution >= 4 is 22.5 Å². The third kappa shape index (κ3) is 3.29. The number of nitriles is 1. The summed E-state index contributed by atoms with van der Waals surface area (Å²) in [5.41, 5.74) is 1.60. The van der Waals surface area contributed by atoms with Crippen molar-refractivity contribution < 1.29 is 9.63 Å². The van der Waals surface area contributed by atoms with E-state index in [1.165, 1.54) is 4.85 Å². The average Bonchev–Trinajstić information content (AvgIpc) is 3.34. The molecule has 1 aromatic carbocycles. The molecule has 0 spiro atoms. The van der Waals surface area contributed by atoms with Crippen LogP contribution < -0.4 is 9.74 Å². The summed E-state index contributed by atoms with van der Waals surface area (Å²) in [5.74, 6) is 0.122. The fraction of sp³-hybridized carbons (Fsp3) is 0.471. The second-order valence-corrected chi connectivity index (χ2v) is 5.80. The van der Waals surface area contributed by atoms with Crippen molar-refractivity contribution in [1.29, 1.82) is 5.26 Å². The van der Waals surface area contributed by atoms with E-state index in [1.807, 2.05) is 18.2 Å². The standard InChI is InChI=1S/C17H20N4O2/c1-2-3-10-23-21-16-7-6-15(11-14(16)12-19-21)20(9-8-18)17(22)13-4-5-13/h6-7,11-13H,2-5,9-10H2,1H3. The fourth-order valence-corrected chi connectivity index (χ4v) is 2.48. The van der Waals surface area contributed by atoms with Gasteiger partial charge in [-0.3, -0.25) is 9.69 Å². The van der Waals surface area contributed by atoms with Gasteiger partial charge in [0, 0.05) is 17.0 Å². The predicted molar refractivity (Wildman–Crippen MR) is 86.8 cm³/mol. The minimum atomic E-state index is 0.0393. The smallest absolute Gasteiger partial charge is 0.231 e. The average molecular weight is 312 g/mol. The Bertz CT molecular complexity index is 743. The van der Waals surface area contributed by atoms with Gasteiger partial charge >= 0.3 is 0 Å². The Kier molecular flexibility index (Phi) is 4.47. The zero-order valence-corrected chi connectivity index (χ0v) is 13.2. The largest absolute Gasteiger partial charge is 0.396 e. The van der Waals surface area contributed by atoms with Crippen LogP contribution in [0.15, 0.2) is 24.4 Å². The first-order valence-corrected chi connectivity index (χ1v) is 8.04. The summed E-state index contributed by atoms with van der Waals surface area (Å²) in [4.78, 5) is 21.0. The molecule has 3 rings (SSSR count). The van der Waals surface area contributed by atoms with E-state index in [0.717, 1.165) is 42.3 Å². The molecular formula is C17H20N4O2. The van der Waals surface area contributed by atoms with Gasteiger partial charge in [0.15, 0.2) is 0 Å². The van der Waals surface area contributed by atoms with E-state index in [-0.39, 0.29) is 18.4 Å². The van der Waals surface area contributed by atoms with E-state index in [1.54, 1.807) is 11.1 Å². The summed E-state index contributed by atoms with van der Waals surface area (Å²) < 4.78 is 0. The molecule has 2 aromatic rings. The van der Waals surface area contributed by atoms with Crippen LogP contribution in [0.1, 0.15) is 32.6 Å². The van der Waals surface area contributed by atoms with Crippen LogP contribution in [0.3, 0.4) is 0 Å². The number of nitrogens with zero attached hydrogens (tertiary/aromatic N) is 4. The summed E-state index contributed by atoms with van der Waals surface area (Å²) in [7, 11) is 0. The highest BCUT2D eigenvalue weighted by molar-refractivity contribution is 5.98. The monoisotopic (exact) mass is 312 g/mol. The first kappa shape index (κ1) is 15.3. The second kappa shape index (κ2) is 6.69. The van der Waals surface area contributed by atoms with Crippen LogP contribution in [0.25, 0.3) is 10.9 Å². The third-order valence-electron chi connectivity index (χ3n) is 3.96. The molecule has 1 aromatic heterocycles. The molecule has 0 unspecified atom stereocenters. The molecule has 1 fully saturated rings. The molecule has 0 saturated heterocycles. The number of fused-ring (bicyclic) bond motifs is 1. The van der Waals surface area contributed by atoms with Crippen molar-refractivity contribution in [3.05, 3.63) is 24.4 Å². The zero-order valence-electron chi connectivity index (χ0n) is 13.2. The number of unbranched alkanes of at least 4 members (excludes halogenated alkanes) is 1. The van der Waals surface area contributed by atoms with E-state index in [2.05, 4.69) is 18.1 Å². The number of benzene rings is 1. The maximum atomic E-state index is 12.3. The number of hydrogen-bond acceptors (Lipinski definition) is 4. The Morgan fingerprint density at radius 1 is 1.52 bits per heavy atom. The van der Waals surface area contributed by atoms with Gasteiger partial charge in [0.25, 0.3) is 0 Å². The first-order chi connectivity index (χ1) is 11.2. The first-order valence-electron chi connectivity index (χ1n) is 8.04.